The van der Waals surface area contributed by atoms with Crippen LogP contribution in [0.5, 0.6) is 0 Å². The lowest BCUT2D eigenvalue weighted by atomic mass is 9.98. The van der Waals surface area contributed by atoms with Crippen LogP contribution in [-0.4, -0.2) is 61.2 Å². The Bertz CT molecular complexity index is 1080. The number of rotatable bonds is 8. The van der Waals surface area contributed by atoms with Gasteiger partial charge in [-0.15, -0.1) is 0 Å². The lowest BCUT2D eigenvalue weighted by Gasteiger charge is -2.44. The summed E-state index contributed by atoms with van der Waals surface area (Å²) in [6.07, 6.45) is -5.93. The van der Waals surface area contributed by atoms with Gasteiger partial charge in [-0.2, -0.15) is 0 Å². The summed E-state index contributed by atoms with van der Waals surface area (Å²) in [7, 11) is 0. The van der Waals surface area contributed by atoms with E-state index in [2.05, 4.69) is 0 Å². The van der Waals surface area contributed by atoms with Gasteiger partial charge in [0.2, 0.25) is 6.29 Å². The molecule has 1 unspecified atom stereocenters. The van der Waals surface area contributed by atoms with Gasteiger partial charge in [0.1, 0.15) is 18.8 Å². The van der Waals surface area contributed by atoms with Gasteiger partial charge in [-0.1, -0.05) is 36.4 Å². The molecule has 0 aromatic heterocycles. The molecule has 0 aliphatic carbocycles. The smallest absolute Gasteiger partial charge is 0.305 e. The van der Waals surface area contributed by atoms with Crippen molar-refractivity contribution in [3.05, 3.63) is 48.0 Å². The third kappa shape index (κ3) is 7.24. The minimum atomic E-state index is -1.38. The van der Waals surface area contributed by atoms with Crippen molar-refractivity contribution < 1.29 is 47.6 Å². The summed E-state index contributed by atoms with van der Waals surface area (Å²) in [6, 6.07) is 13.6. The first-order valence-corrected chi connectivity index (χ1v) is 11.0. The molecule has 3 rings (SSSR count). The van der Waals surface area contributed by atoms with Crippen LogP contribution < -0.4 is 0 Å². The number of fused-ring (bicyclic) bond motifs is 1. The summed E-state index contributed by atoms with van der Waals surface area (Å²) >= 11 is 0. The summed E-state index contributed by atoms with van der Waals surface area (Å²) in [5.74, 6) is -2.62. The fourth-order valence-electron chi connectivity index (χ4n) is 3.83. The van der Waals surface area contributed by atoms with Gasteiger partial charge in [0.25, 0.3) is 0 Å². The van der Waals surface area contributed by atoms with E-state index < -0.39 is 54.6 Å². The van der Waals surface area contributed by atoms with Crippen molar-refractivity contribution in [3.8, 4) is 0 Å². The molecule has 0 saturated carbocycles. The van der Waals surface area contributed by atoms with Crippen molar-refractivity contribution in [3.63, 3.8) is 0 Å². The number of esters is 4. The molecule has 2 aromatic rings. The van der Waals surface area contributed by atoms with Gasteiger partial charge in [0.15, 0.2) is 12.2 Å². The molecular formula is C25H28O10. The predicted octanol–water partition coefficient (Wildman–Crippen LogP) is 2.44. The number of hydrogen-bond donors (Lipinski definition) is 0. The maximum atomic E-state index is 11.9. The molecule has 5 atom stereocenters. The second kappa shape index (κ2) is 11.8. The first-order valence-electron chi connectivity index (χ1n) is 11.0. The first kappa shape index (κ1) is 26.1. The van der Waals surface area contributed by atoms with E-state index in [0.29, 0.717) is 0 Å². The van der Waals surface area contributed by atoms with E-state index in [0.717, 1.165) is 16.3 Å². The topological polar surface area (TPSA) is 124 Å². The Morgan fingerprint density at radius 3 is 2.00 bits per heavy atom. The number of ether oxygens (including phenoxy) is 6. The van der Waals surface area contributed by atoms with Crippen LogP contribution in [0.15, 0.2) is 42.5 Å². The summed E-state index contributed by atoms with van der Waals surface area (Å²) in [4.78, 5) is 46.9. The zero-order chi connectivity index (χ0) is 25.5. The minimum absolute atomic E-state index is 0.0537. The van der Waals surface area contributed by atoms with Gasteiger partial charge < -0.3 is 28.4 Å². The van der Waals surface area contributed by atoms with E-state index in [-0.39, 0.29) is 13.2 Å². The zero-order valence-corrected chi connectivity index (χ0v) is 19.9. The van der Waals surface area contributed by atoms with E-state index in [9.17, 15) is 19.2 Å². The number of carbonyl (C=O) groups is 4. The largest absolute Gasteiger partial charge is 0.463 e. The van der Waals surface area contributed by atoms with Gasteiger partial charge in [0, 0.05) is 27.7 Å². The minimum Gasteiger partial charge on any atom is -0.463 e. The number of hydrogen-bond acceptors (Lipinski definition) is 10. The summed E-state index contributed by atoms with van der Waals surface area (Å²) < 4.78 is 33.0. The first-order chi connectivity index (χ1) is 16.6. The van der Waals surface area contributed by atoms with E-state index >= 15 is 0 Å². The molecule has 0 N–H and O–H groups in total. The second-order valence-corrected chi connectivity index (χ2v) is 8.06. The fraction of sp³-hybridized carbons (Fsp3) is 0.440. The molecule has 10 heteroatoms. The Labute approximate surface area is 202 Å². The molecule has 188 valence electrons. The Balaban J connectivity index is 1.94. The van der Waals surface area contributed by atoms with Gasteiger partial charge in [-0.05, 0) is 22.4 Å². The van der Waals surface area contributed by atoms with E-state index in [1.807, 2.05) is 42.5 Å². The SMILES string of the molecule is CC(=O)OC[C@H]1OC(OC(C)=O)[C@H](OC(C)=O)[C@@H](OCc2ccc3ccccc3c2)[C@@H]1OC(C)=O. The Hall–Kier alpha value is -3.50. The molecule has 0 amide bonds. The van der Waals surface area contributed by atoms with Crippen molar-refractivity contribution in [1.82, 2.24) is 0 Å². The van der Waals surface area contributed by atoms with E-state index in [1.165, 1.54) is 27.7 Å². The molecule has 0 bridgehead atoms. The third-order valence-corrected chi connectivity index (χ3v) is 5.18. The Morgan fingerprint density at radius 1 is 0.743 bits per heavy atom. The highest BCUT2D eigenvalue weighted by Crippen LogP contribution is 2.31. The monoisotopic (exact) mass is 488 g/mol. The highest BCUT2D eigenvalue weighted by molar-refractivity contribution is 5.83. The molecule has 0 spiro atoms. The molecule has 2 aromatic carbocycles. The van der Waals surface area contributed by atoms with Crippen molar-refractivity contribution in [2.45, 2.75) is 65.0 Å². The Kier molecular flexibility index (Phi) is 8.78. The second-order valence-electron chi connectivity index (χ2n) is 8.06. The average Bonchev–Trinajstić information content (AvgIpc) is 2.78. The van der Waals surface area contributed by atoms with Crippen LogP contribution in [0.25, 0.3) is 10.8 Å². The number of carbonyl (C=O) groups excluding carboxylic acids is 4. The van der Waals surface area contributed by atoms with Gasteiger partial charge in [-0.3, -0.25) is 19.2 Å². The normalized spacial score (nSPS) is 23.8. The van der Waals surface area contributed by atoms with Crippen molar-refractivity contribution in [2.75, 3.05) is 6.61 Å². The predicted molar refractivity (Wildman–Crippen MR) is 121 cm³/mol. The van der Waals surface area contributed by atoms with Crippen LogP contribution in [-0.2, 0) is 54.2 Å². The maximum absolute atomic E-state index is 11.9. The number of benzene rings is 2. The van der Waals surface area contributed by atoms with Crippen molar-refractivity contribution >= 4 is 34.6 Å². The highest BCUT2D eigenvalue weighted by atomic mass is 16.7. The van der Waals surface area contributed by atoms with Crippen molar-refractivity contribution in [1.29, 1.82) is 0 Å². The summed E-state index contributed by atoms with van der Waals surface area (Å²) in [5.41, 5.74) is 0.805. The molecule has 10 nitrogen and oxygen atoms in total. The lowest BCUT2D eigenvalue weighted by Crippen LogP contribution is -2.62. The van der Waals surface area contributed by atoms with Crippen LogP contribution in [0.3, 0.4) is 0 Å². The van der Waals surface area contributed by atoms with Crippen LogP contribution in [0.1, 0.15) is 33.3 Å². The summed E-state index contributed by atoms with van der Waals surface area (Å²) in [6.45, 7) is 4.49. The molecule has 1 heterocycles. The highest BCUT2D eigenvalue weighted by Gasteiger charge is 2.52. The molecule has 0 radical (unpaired) electrons. The quantitative estimate of drug-likeness (QED) is 0.404. The lowest BCUT2D eigenvalue weighted by molar-refractivity contribution is -0.305. The van der Waals surface area contributed by atoms with Crippen LogP contribution in [0.4, 0.5) is 0 Å². The third-order valence-electron chi connectivity index (χ3n) is 5.18. The molecule has 1 aliphatic rings. The summed E-state index contributed by atoms with van der Waals surface area (Å²) in [5, 5.41) is 2.05. The van der Waals surface area contributed by atoms with E-state index in [1.54, 1.807) is 0 Å². The zero-order valence-electron chi connectivity index (χ0n) is 19.9. The molecule has 1 aliphatic heterocycles. The molecule has 1 saturated heterocycles. The van der Waals surface area contributed by atoms with Crippen LogP contribution >= 0.6 is 0 Å². The molecule has 35 heavy (non-hydrogen) atoms. The van der Waals surface area contributed by atoms with E-state index in [4.69, 9.17) is 28.4 Å². The fourth-order valence-corrected chi connectivity index (χ4v) is 3.83. The average molecular weight is 488 g/mol. The van der Waals surface area contributed by atoms with Gasteiger partial charge >= 0.3 is 23.9 Å². The van der Waals surface area contributed by atoms with Gasteiger partial charge in [0.05, 0.1) is 6.61 Å². The van der Waals surface area contributed by atoms with Crippen molar-refractivity contribution in [2.24, 2.45) is 0 Å². The molecule has 1 fully saturated rings. The van der Waals surface area contributed by atoms with Crippen LogP contribution in [0, 0.1) is 0 Å². The maximum Gasteiger partial charge on any atom is 0.305 e. The standard InChI is InChI=1S/C25H28O10/c1-14(26)30-13-21-22(32-15(2)27)23(24(33-16(3)28)25(35-21)34-17(4)29)31-12-18-9-10-19-7-5-6-8-20(19)11-18/h5-11,21-25H,12-13H2,1-4H3/t21-,22-,23+,24-,25?/m1/s1. The van der Waals surface area contributed by atoms with Gasteiger partial charge in [-0.25, -0.2) is 0 Å². The van der Waals surface area contributed by atoms with Crippen LogP contribution in [0.2, 0.25) is 0 Å². The molecular weight excluding hydrogens is 460 g/mol. The Morgan fingerprint density at radius 2 is 1.37 bits per heavy atom.